The molecule has 0 saturated heterocycles. The van der Waals surface area contributed by atoms with Crippen LogP contribution in [-0.2, 0) is 0 Å². The molecule has 0 rings (SSSR count). The van der Waals surface area contributed by atoms with Crippen LogP contribution in [0.5, 0.6) is 0 Å². The number of thioether (sulfide) groups is 1. The number of alkyl halides is 2. The molecule has 38 valence electrons. The molecule has 0 aliphatic heterocycles. The lowest BCUT2D eigenvalue weighted by atomic mass is 11.0. The van der Waals surface area contributed by atoms with Gasteiger partial charge >= 0.3 is 0 Å². The Morgan fingerprint density at radius 3 is 2.33 bits per heavy atom. The van der Waals surface area contributed by atoms with E-state index < -0.39 is 0 Å². The van der Waals surface area contributed by atoms with E-state index in [1.807, 2.05) is 0 Å². The smallest absolute Gasteiger partial charge is 0.0694 e. The second-order valence-corrected chi connectivity index (χ2v) is 4.20. The minimum Gasteiger partial charge on any atom is -0.150 e. The van der Waals surface area contributed by atoms with Gasteiger partial charge < -0.3 is 0 Å². The van der Waals surface area contributed by atoms with Crippen LogP contribution in [-0.4, -0.2) is 15.7 Å². The Kier molecular flexibility index (Phi) is 5.44. The van der Waals surface area contributed by atoms with Crippen molar-refractivity contribution in [2.45, 2.75) is 4.16 Å². The van der Waals surface area contributed by atoms with Crippen LogP contribution < -0.4 is 0 Å². The Bertz CT molecular complexity index is 28.0. The number of halogens is 2. The topological polar surface area (TPSA) is 0 Å². The summed E-state index contributed by atoms with van der Waals surface area (Å²) in [4.78, 5) is 0. The molecule has 0 fully saturated rings. The molecule has 0 aromatic carbocycles. The second-order valence-electron chi connectivity index (χ2n) is 0.800. The maximum atomic E-state index is 3.39. The van der Waals surface area contributed by atoms with Gasteiger partial charge in [-0.3, -0.25) is 0 Å². The van der Waals surface area contributed by atoms with Gasteiger partial charge in [0.1, 0.15) is 0 Å². The second kappa shape index (κ2) is 4.47. The van der Waals surface area contributed by atoms with Crippen molar-refractivity contribution in [3.05, 3.63) is 0 Å². The molecule has 0 amide bonds. The lowest BCUT2D eigenvalue weighted by Crippen LogP contribution is -1.87. The van der Waals surface area contributed by atoms with E-state index in [4.69, 9.17) is 0 Å². The summed E-state index contributed by atoms with van der Waals surface area (Å²) < 4.78 is 0.581. The van der Waals surface area contributed by atoms with Gasteiger partial charge in [0, 0.05) is 5.33 Å². The summed E-state index contributed by atoms with van der Waals surface area (Å²) in [6.07, 6.45) is 2.07. The first-order chi connectivity index (χ1) is 2.81. The molecule has 0 bridgehead atoms. The molecular formula is C3H6Br2S. The summed E-state index contributed by atoms with van der Waals surface area (Å²) in [5.74, 6) is 0. The van der Waals surface area contributed by atoms with Crippen LogP contribution in [0.3, 0.4) is 0 Å². The van der Waals surface area contributed by atoms with Crippen LogP contribution >= 0.6 is 43.6 Å². The zero-order chi connectivity index (χ0) is 4.99. The fourth-order valence-corrected chi connectivity index (χ4v) is 0.982. The zero-order valence-electron chi connectivity index (χ0n) is 3.45. The number of hydrogen-bond donors (Lipinski definition) is 0. The van der Waals surface area contributed by atoms with Crippen molar-refractivity contribution in [1.29, 1.82) is 0 Å². The van der Waals surface area contributed by atoms with Crippen molar-refractivity contribution >= 4 is 43.6 Å². The molecule has 0 aliphatic carbocycles. The lowest BCUT2D eigenvalue weighted by molar-refractivity contribution is 1.51. The number of hydrogen-bond acceptors (Lipinski definition) is 1. The van der Waals surface area contributed by atoms with E-state index in [-0.39, 0.29) is 0 Å². The fraction of sp³-hybridized carbons (Fsp3) is 1.00. The highest BCUT2D eigenvalue weighted by Gasteiger charge is 1.93. The fourth-order valence-electron chi connectivity index (χ4n) is 0.0630. The number of rotatable bonds is 2. The van der Waals surface area contributed by atoms with Gasteiger partial charge in [0.15, 0.2) is 0 Å². The Labute approximate surface area is 59.3 Å². The molecule has 0 nitrogen and oxygen atoms in total. The third-order valence-electron chi connectivity index (χ3n) is 0.377. The normalized spacial score (nSPS) is 14.5. The van der Waals surface area contributed by atoms with E-state index in [2.05, 4.69) is 38.1 Å². The van der Waals surface area contributed by atoms with Gasteiger partial charge in [-0.2, -0.15) is 0 Å². The van der Waals surface area contributed by atoms with Gasteiger partial charge in [0.25, 0.3) is 0 Å². The first kappa shape index (κ1) is 7.31. The Hall–Kier alpha value is 1.31. The van der Waals surface area contributed by atoms with Gasteiger partial charge in [0.2, 0.25) is 0 Å². The average molecular weight is 234 g/mol. The minimum absolute atomic E-state index is 0.581. The lowest BCUT2D eigenvalue weighted by Gasteiger charge is -1.95. The maximum Gasteiger partial charge on any atom is 0.0694 e. The molecule has 0 aliphatic rings. The summed E-state index contributed by atoms with van der Waals surface area (Å²) in [6.45, 7) is 0. The molecule has 0 spiro atoms. The van der Waals surface area contributed by atoms with Crippen LogP contribution in [0, 0.1) is 0 Å². The van der Waals surface area contributed by atoms with E-state index in [0.29, 0.717) is 4.16 Å². The highest BCUT2D eigenvalue weighted by Crippen LogP contribution is 2.14. The molecular weight excluding hydrogens is 228 g/mol. The van der Waals surface area contributed by atoms with Crippen molar-refractivity contribution in [3.8, 4) is 0 Å². The van der Waals surface area contributed by atoms with E-state index in [9.17, 15) is 0 Å². The van der Waals surface area contributed by atoms with Crippen LogP contribution in [0.25, 0.3) is 0 Å². The monoisotopic (exact) mass is 232 g/mol. The first-order valence-electron chi connectivity index (χ1n) is 1.54. The highest BCUT2D eigenvalue weighted by atomic mass is 79.9. The summed E-state index contributed by atoms with van der Waals surface area (Å²) in [5.41, 5.74) is 0. The maximum absolute atomic E-state index is 3.39. The van der Waals surface area contributed by atoms with Crippen molar-refractivity contribution in [3.63, 3.8) is 0 Å². The SMILES string of the molecule is CSC(Br)CBr. The standard InChI is InChI=1S/C3H6Br2S/c1-6-3(5)2-4/h3H,2H2,1H3. The molecule has 0 aromatic heterocycles. The van der Waals surface area contributed by atoms with Gasteiger partial charge in [-0.05, 0) is 6.26 Å². The van der Waals surface area contributed by atoms with E-state index in [1.165, 1.54) is 0 Å². The molecule has 3 heteroatoms. The molecule has 0 aromatic rings. The molecule has 1 atom stereocenters. The zero-order valence-corrected chi connectivity index (χ0v) is 7.44. The van der Waals surface area contributed by atoms with E-state index in [0.717, 1.165) is 5.33 Å². The summed E-state index contributed by atoms with van der Waals surface area (Å²) in [5, 5.41) is 1.02. The van der Waals surface area contributed by atoms with Crippen LogP contribution in [0.2, 0.25) is 0 Å². The Morgan fingerprint density at radius 1 is 1.83 bits per heavy atom. The van der Waals surface area contributed by atoms with Crippen molar-refractivity contribution in [2.75, 3.05) is 11.6 Å². The highest BCUT2D eigenvalue weighted by molar-refractivity contribution is 9.13. The van der Waals surface area contributed by atoms with Crippen molar-refractivity contribution < 1.29 is 0 Å². The molecule has 0 saturated carbocycles. The summed E-state index contributed by atoms with van der Waals surface area (Å²) in [7, 11) is 0. The van der Waals surface area contributed by atoms with Gasteiger partial charge in [0.05, 0.1) is 4.16 Å². The van der Waals surface area contributed by atoms with Gasteiger partial charge in [-0.25, -0.2) is 0 Å². The molecule has 0 N–H and O–H groups in total. The first-order valence-corrected chi connectivity index (χ1v) is 4.86. The predicted octanol–water partition coefficient (Wildman–Crippen LogP) is 2.47. The van der Waals surface area contributed by atoms with Crippen molar-refractivity contribution in [2.24, 2.45) is 0 Å². The molecule has 6 heavy (non-hydrogen) atoms. The molecule has 0 radical (unpaired) electrons. The third kappa shape index (κ3) is 3.50. The largest absolute Gasteiger partial charge is 0.150 e. The van der Waals surface area contributed by atoms with Gasteiger partial charge in [-0.1, -0.05) is 31.9 Å². The van der Waals surface area contributed by atoms with Crippen LogP contribution in [0.15, 0.2) is 0 Å². The average Bonchev–Trinajstić information content (AvgIpc) is 1.65. The van der Waals surface area contributed by atoms with Crippen LogP contribution in [0.4, 0.5) is 0 Å². The summed E-state index contributed by atoms with van der Waals surface area (Å²) in [6, 6.07) is 0. The predicted molar refractivity (Wildman–Crippen MR) is 40.0 cm³/mol. The third-order valence-corrected chi connectivity index (χ3v) is 4.45. The Balaban J connectivity index is 2.75. The Morgan fingerprint density at radius 2 is 2.33 bits per heavy atom. The summed E-state index contributed by atoms with van der Waals surface area (Å²) >= 11 is 8.49. The molecule has 1 unspecified atom stereocenters. The van der Waals surface area contributed by atoms with Crippen LogP contribution in [0.1, 0.15) is 0 Å². The van der Waals surface area contributed by atoms with E-state index in [1.54, 1.807) is 11.8 Å². The van der Waals surface area contributed by atoms with Crippen molar-refractivity contribution in [1.82, 2.24) is 0 Å². The van der Waals surface area contributed by atoms with E-state index >= 15 is 0 Å². The minimum atomic E-state index is 0.581. The quantitative estimate of drug-likeness (QED) is 0.661. The van der Waals surface area contributed by atoms with Gasteiger partial charge in [-0.15, -0.1) is 11.8 Å². The molecule has 0 heterocycles.